The lowest BCUT2D eigenvalue weighted by atomic mass is 9.90. The Morgan fingerprint density at radius 3 is 2.36 bits per heavy atom. The molecule has 0 saturated carbocycles. The van der Waals surface area contributed by atoms with E-state index in [4.69, 9.17) is 14.4 Å². The lowest BCUT2D eigenvalue weighted by Crippen LogP contribution is -2.41. The number of ether oxygens (including phenoxy) is 1. The Morgan fingerprint density at radius 1 is 1.18 bits per heavy atom. The van der Waals surface area contributed by atoms with Crippen molar-refractivity contribution in [2.75, 3.05) is 5.23 Å². The van der Waals surface area contributed by atoms with Crippen LogP contribution in [0.1, 0.15) is 34.6 Å². The molecule has 1 saturated heterocycles. The molecule has 0 radical (unpaired) electrons. The Morgan fingerprint density at radius 2 is 1.82 bits per heavy atom. The zero-order valence-corrected chi connectivity index (χ0v) is 14.0. The minimum absolute atomic E-state index is 0.159. The van der Waals surface area contributed by atoms with Crippen LogP contribution in [0.5, 0.6) is 5.75 Å². The van der Waals surface area contributed by atoms with Gasteiger partial charge in [0.2, 0.25) is 0 Å². The molecule has 4 heteroatoms. The first-order chi connectivity index (χ1) is 10.3. The minimum Gasteiger partial charge on any atom is -0.482 e. The zero-order valence-electron chi connectivity index (χ0n) is 14.0. The van der Waals surface area contributed by atoms with Crippen LogP contribution in [-0.4, -0.2) is 17.3 Å². The molecule has 0 spiro atoms. The Kier molecular flexibility index (Phi) is 4.63. The highest BCUT2D eigenvalue weighted by Crippen LogP contribution is 2.40. The lowest BCUT2D eigenvalue weighted by Gasteiger charge is -2.26. The van der Waals surface area contributed by atoms with Crippen molar-refractivity contribution < 1.29 is 14.4 Å². The number of anilines is 1. The standard InChI is InChI=1S/C18H25NO3/c1-7-10-15(8-2)20-16-12-9-11-14(13-16)19-21-17(3,4)18(5,6)22-19/h7-13,15H,2H2,1,3-6H3. The lowest BCUT2D eigenvalue weighted by molar-refractivity contribution is -0.0274. The Labute approximate surface area is 132 Å². The number of rotatable bonds is 5. The summed E-state index contributed by atoms with van der Waals surface area (Å²) in [5, 5.41) is 1.46. The molecular formula is C18H25NO3. The van der Waals surface area contributed by atoms with E-state index in [1.807, 2.05) is 71.0 Å². The van der Waals surface area contributed by atoms with Crippen molar-refractivity contribution in [3.05, 3.63) is 49.1 Å². The number of hydrogen-bond acceptors (Lipinski definition) is 4. The predicted molar refractivity (Wildman–Crippen MR) is 88.7 cm³/mol. The fourth-order valence-corrected chi connectivity index (χ4v) is 1.94. The van der Waals surface area contributed by atoms with Crippen LogP contribution < -0.4 is 9.96 Å². The summed E-state index contributed by atoms with van der Waals surface area (Å²) in [4.78, 5) is 11.8. The quantitative estimate of drug-likeness (QED) is 0.753. The fraction of sp³-hybridized carbons (Fsp3) is 0.444. The molecular weight excluding hydrogens is 278 g/mol. The summed E-state index contributed by atoms with van der Waals surface area (Å²) in [6.45, 7) is 13.8. The van der Waals surface area contributed by atoms with Crippen LogP contribution in [0.25, 0.3) is 0 Å². The first kappa shape index (κ1) is 16.6. The van der Waals surface area contributed by atoms with Gasteiger partial charge in [-0.25, -0.2) is 9.68 Å². The van der Waals surface area contributed by atoms with E-state index in [1.165, 1.54) is 5.23 Å². The highest BCUT2D eigenvalue weighted by atomic mass is 17.0. The van der Waals surface area contributed by atoms with Gasteiger partial charge in [-0.05, 0) is 58.9 Å². The first-order valence-corrected chi connectivity index (χ1v) is 7.49. The third-order valence-electron chi connectivity index (χ3n) is 3.99. The molecule has 0 N–H and O–H groups in total. The minimum atomic E-state index is -0.418. The second kappa shape index (κ2) is 6.15. The van der Waals surface area contributed by atoms with Gasteiger partial charge in [0.1, 0.15) is 23.1 Å². The third-order valence-corrected chi connectivity index (χ3v) is 3.99. The van der Waals surface area contributed by atoms with E-state index in [9.17, 15) is 0 Å². The van der Waals surface area contributed by atoms with E-state index < -0.39 is 11.2 Å². The molecule has 4 nitrogen and oxygen atoms in total. The maximum atomic E-state index is 5.91. The fourth-order valence-electron chi connectivity index (χ4n) is 1.94. The van der Waals surface area contributed by atoms with Crippen molar-refractivity contribution in [2.45, 2.75) is 51.9 Å². The molecule has 0 bridgehead atoms. The molecule has 1 aliphatic heterocycles. The topological polar surface area (TPSA) is 30.9 Å². The zero-order chi connectivity index (χ0) is 16.4. The van der Waals surface area contributed by atoms with E-state index in [2.05, 4.69) is 6.58 Å². The summed E-state index contributed by atoms with van der Waals surface area (Å²) in [7, 11) is 0. The summed E-state index contributed by atoms with van der Waals surface area (Å²) >= 11 is 0. The summed E-state index contributed by atoms with van der Waals surface area (Å²) in [5.41, 5.74) is -0.0452. The molecule has 1 aliphatic rings. The van der Waals surface area contributed by atoms with Gasteiger partial charge < -0.3 is 4.74 Å². The van der Waals surface area contributed by atoms with Crippen molar-refractivity contribution >= 4 is 5.69 Å². The summed E-state index contributed by atoms with van der Waals surface area (Å²) in [6.07, 6.45) is 5.47. The molecule has 1 heterocycles. The van der Waals surface area contributed by atoms with Crippen molar-refractivity contribution in [3.8, 4) is 5.75 Å². The average Bonchev–Trinajstić information content (AvgIpc) is 2.67. The number of benzene rings is 1. The monoisotopic (exact) mass is 303 g/mol. The molecule has 120 valence electrons. The molecule has 22 heavy (non-hydrogen) atoms. The predicted octanol–water partition coefficient (Wildman–Crippen LogP) is 4.44. The van der Waals surface area contributed by atoms with E-state index in [0.717, 1.165) is 11.4 Å². The molecule has 1 fully saturated rings. The summed E-state index contributed by atoms with van der Waals surface area (Å²) in [5.74, 6) is 0.732. The maximum absolute atomic E-state index is 5.91. The van der Waals surface area contributed by atoms with E-state index in [0.29, 0.717) is 0 Å². The smallest absolute Gasteiger partial charge is 0.135 e. The van der Waals surface area contributed by atoms with Gasteiger partial charge in [0.05, 0.1) is 5.69 Å². The van der Waals surface area contributed by atoms with Gasteiger partial charge in [-0.3, -0.25) is 0 Å². The third kappa shape index (κ3) is 3.34. The maximum Gasteiger partial charge on any atom is 0.135 e. The number of nitrogens with zero attached hydrogens (tertiary/aromatic N) is 1. The van der Waals surface area contributed by atoms with Gasteiger partial charge in [-0.1, -0.05) is 18.7 Å². The molecule has 0 aliphatic carbocycles. The van der Waals surface area contributed by atoms with Gasteiger partial charge in [-0.2, -0.15) is 0 Å². The Balaban J connectivity index is 2.18. The van der Waals surface area contributed by atoms with Crippen molar-refractivity contribution in [3.63, 3.8) is 0 Å². The molecule has 0 aromatic heterocycles. The van der Waals surface area contributed by atoms with E-state index in [-0.39, 0.29) is 6.10 Å². The average molecular weight is 303 g/mol. The van der Waals surface area contributed by atoms with Gasteiger partial charge in [0, 0.05) is 6.07 Å². The van der Waals surface area contributed by atoms with Gasteiger partial charge in [-0.15, -0.1) is 5.23 Å². The van der Waals surface area contributed by atoms with Gasteiger partial charge in [0.15, 0.2) is 0 Å². The number of hydrogen-bond donors (Lipinski definition) is 0. The Bertz CT molecular complexity index is 547. The van der Waals surface area contributed by atoms with E-state index in [1.54, 1.807) is 6.08 Å². The van der Waals surface area contributed by atoms with Crippen LogP contribution in [0, 0.1) is 0 Å². The molecule has 1 unspecified atom stereocenters. The highest BCUT2D eigenvalue weighted by molar-refractivity contribution is 5.48. The largest absolute Gasteiger partial charge is 0.482 e. The van der Waals surface area contributed by atoms with Gasteiger partial charge >= 0.3 is 0 Å². The first-order valence-electron chi connectivity index (χ1n) is 7.49. The highest BCUT2D eigenvalue weighted by Gasteiger charge is 2.50. The van der Waals surface area contributed by atoms with Crippen LogP contribution >= 0.6 is 0 Å². The SMILES string of the molecule is C=CC(C=CC)Oc1cccc(N2OC(C)(C)C(C)(C)O2)c1. The normalized spacial score (nSPS) is 21.0. The van der Waals surface area contributed by atoms with Crippen LogP contribution in [0.15, 0.2) is 49.1 Å². The van der Waals surface area contributed by atoms with Gasteiger partial charge in [0.25, 0.3) is 0 Å². The van der Waals surface area contributed by atoms with Crippen molar-refractivity contribution in [2.24, 2.45) is 0 Å². The second-order valence-electron chi connectivity index (χ2n) is 6.30. The second-order valence-corrected chi connectivity index (χ2v) is 6.30. The molecule has 1 aromatic carbocycles. The van der Waals surface area contributed by atoms with Crippen LogP contribution in [0.4, 0.5) is 5.69 Å². The molecule has 1 atom stereocenters. The number of allylic oxidation sites excluding steroid dienone is 1. The van der Waals surface area contributed by atoms with Crippen LogP contribution in [0.2, 0.25) is 0 Å². The molecule has 2 rings (SSSR count). The van der Waals surface area contributed by atoms with Crippen molar-refractivity contribution in [1.29, 1.82) is 0 Å². The molecule has 0 amide bonds. The van der Waals surface area contributed by atoms with Crippen LogP contribution in [0.3, 0.4) is 0 Å². The van der Waals surface area contributed by atoms with E-state index >= 15 is 0 Å². The molecule has 1 aromatic rings. The Hall–Kier alpha value is -1.78. The van der Waals surface area contributed by atoms with Crippen LogP contribution in [-0.2, 0) is 9.68 Å². The summed E-state index contributed by atoms with van der Waals surface area (Å²) in [6, 6.07) is 7.61. The van der Waals surface area contributed by atoms with Crippen molar-refractivity contribution in [1.82, 2.24) is 0 Å². The summed E-state index contributed by atoms with van der Waals surface area (Å²) < 4.78 is 5.87.